The van der Waals surface area contributed by atoms with Gasteiger partial charge in [-0.2, -0.15) is 4.98 Å². The lowest BCUT2D eigenvalue weighted by atomic mass is 10.00. The second-order valence-corrected chi connectivity index (χ2v) is 13.0. The fourth-order valence-corrected chi connectivity index (χ4v) is 6.47. The first-order valence-electron chi connectivity index (χ1n) is 16.9. The summed E-state index contributed by atoms with van der Waals surface area (Å²) in [7, 11) is 2.09. The summed E-state index contributed by atoms with van der Waals surface area (Å²) >= 11 is 0. The van der Waals surface area contributed by atoms with Crippen molar-refractivity contribution >= 4 is 29.1 Å². The van der Waals surface area contributed by atoms with Gasteiger partial charge in [-0.25, -0.2) is 9.37 Å². The maximum absolute atomic E-state index is 15.1. The van der Waals surface area contributed by atoms with Crippen LogP contribution in [0.5, 0.6) is 17.4 Å². The Kier molecular flexibility index (Phi) is 10.7. The molecule has 49 heavy (non-hydrogen) atoms. The highest BCUT2D eigenvalue weighted by Crippen LogP contribution is 2.31. The van der Waals surface area contributed by atoms with Crippen molar-refractivity contribution in [2.75, 3.05) is 37.4 Å². The Bertz CT molecular complexity index is 1790. The highest BCUT2D eigenvalue weighted by Gasteiger charge is 2.24. The van der Waals surface area contributed by atoms with E-state index in [1.54, 1.807) is 36.4 Å². The number of ether oxygens (including phenoxy) is 2. The minimum absolute atomic E-state index is 0.0579. The number of anilines is 3. The summed E-state index contributed by atoms with van der Waals surface area (Å²) in [5, 5.41) is 9.07. The van der Waals surface area contributed by atoms with Crippen molar-refractivity contribution in [2.24, 2.45) is 5.92 Å². The molecule has 4 aromatic rings. The third kappa shape index (κ3) is 8.53. The molecule has 1 saturated carbocycles. The number of para-hydroxylation sites is 2. The summed E-state index contributed by atoms with van der Waals surface area (Å²) in [4.78, 5) is 38.2. The molecule has 3 aromatic carbocycles. The first-order valence-corrected chi connectivity index (χ1v) is 16.9. The van der Waals surface area contributed by atoms with E-state index in [4.69, 9.17) is 9.47 Å². The van der Waals surface area contributed by atoms with E-state index in [0.717, 1.165) is 62.7 Å². The van der Waals surface area contributed by atoms with Crippen molar-refractivity contribution in [2.45, 2.75) is 58.4 Å². The number of benzene rings is 3. The van der Waals surface area contributed by atoms with Crippen LogP contribution in [-0.4, -0.2) is 59.5 Å². The Morgan fingerprint density at radius 3 is 2.45 bits per heavy atom. The standard InChI is InChI=1S/C38H43FN6O4/c1-24-10-8-11-25(2)34(24)43-36(47)30-21-40-38(42-28-17-18-33(31(39)20-28)48-23-26-12-9-19-45(3)22-26)44-37(30)49-32-16-7-6-15-29(32)35(46)41-27-13-4-5-14-27/h6-8,10-11,15-18,20-21,26-27H,4-5,9,12-14,19,22-23H2,1-3H3,(H,41,46)(H,43,47)(H,40,42,44). The molecule has 0 bridgehead atoms. The fourth-order valence-electron chi connectivity index (χ4n) is 6.47. The van der Waals surface area contributed by atoms with Crippen LogP contribution in [0, 0.1) is 25.6 Å². The fraction of sp³-hybridized carbons (Fsp3) is 0.368. The molecule has 1 aliphatic carbocycles. The predicted molar refractivity (Wildman–Crippen MR) is 188 cm³/mol. The Balaban J connectivity index is 1.25. The SMILES string of the molecule is Cc1cccc(C)c1NC(=O)c1cnc(Nc2ccc(OCC3CCCN(C)C3)c(F)c2)nc1Oc1ccccc1C(=O)NC1CCCC1. The minimum atomic E-state index is -0.516. The van der Waals surface area contributed by atoms with Gasteiger partial charge in [-0.15, -0.1) is 0 Å². The average molecular weight is 667 g/mol. The minimum Gasteiger partial charge on any atom is -0.490 e. The van der Waals surface area contributed by atoms with E-state index in [0.29, 0.717) is 29.5 Å². The van der Waals surface area contributed by atoms with Crippen molar-refractivity contribution in [3.63, 3.8) is 0 Å². The molecule has 3 N–H and O–H groups in total. The lowest BCUT2D eigenvalue weighted by Gasteiger charge is -2.29. The Morgan fingerprint density at radius 2 is 1.69 bits per heavy atom. The molecular formula is C38H43FN6O4. The molecule has 2 aliphatic rings. The number of halogens is 1. The van der Waals surface area contributed by atoms with E-state index in [2.05, 4.69) is 37.9 Å². The summed E-state index contributed by atoms with van der Waals surface area (Å²) in [6, 6.07) is 17.3. The zero-order chi connectivity index (χ0) is 34.3. The predicted octanol–water partition coefficient (Wildman–Crippen LogP) is 7.41. The molecule has 0 spiro atoms. The first-order chi connectivity index (χ1) is 23.7. The Hall–Kier alpha value is -5.03. The van der Waals surface area contributed by atoms with Gasteiger partial charge in [0.05, 0.1) is 12.2 Å². The van der Waals surface area contributed by atoms with Gasteiger partial charge in [0.25, 0.3) is 11.8 Å². The quantitative estimate of drug-likeness (QED) is 0.152. The number of rotatable bonds is 11. The molecule has 0 radical (unpaired) electrons. The molecule has 2 heterocycles. The molecule has 256 valence electrons. The van der Waals surface area contributed by atoms with Gasteiger partial charge in [-0.1, -0.05) is 43.2 Å². The number of hydrogen-bond acceptors (Lipinski definition) is 8. The third-order valence-corrected chi connectivity index (χ3v) is 9.13. The van der Waals surface area contributed by atoms with Crippen LogP contribution >= 0.6 is 0 Å². The largest absolute Gasteiger partial charge is 0.490 e. The van der Waals surface area contributed by atoms with Gasteiger partial charge < -0.3 is 30.3 Å². The Morgan fingerprint density at radius 1 is 0.918 bits per heavy atom. The van der Waals surface area contributed by atoms with E-state index >= 15 is 4.39 Å². The van der Waals surface area contributed by atoms with E-state index in [1.165, 1.54) is 12.3 Å². The number of hydrogen-bond donors (Lipinski definition) is 3. The number of carbonyl (C=O) groups is 2. The van der Waals surface area contributed by atoms with Crippen LogP contribution < -0.4 is 25.4 Å². The lowest BCUT2D eigenvalue weighted by molar-refractivity contribution is 0.0935. The highest BCUT2D eigenvalue weighted by molar-refractivity contribution is 6.06. The zero-order valence-corrected chi connectivity index (χ0v) is 28.2. The number of aromatic nitrogens is 2. The van der Waals surface area contributed by atoms with Crippen molar-refractivity contribution < 1.29 is 23.5 Å². The first kappa shape index (κ1) is 33.9. The second-order valence-electron chi connectivity index (χ2n) is 13.0. The van der Waals surface area contributed by atoms with Gasteiger partial charge in [0.2, 0.25) is 11.8 Å². The van der Waals surface area contributed by atoms with Crippen LogP contribution in [0.15, 0.2) is 66.9 Å². The van der Waals surface area contributed by atoms with Crippen LogP contribution in [0.2, 0.25) is 0 Å². The number of aryl methyl sites for hydroxylation is 2. The zero-order valence-electron chi connectivity index (χ0n) is 28.2. The van der Waals surface area contributed by atoms with Gasteiger partial charge in [-0.05, 0) is 88.5 Å². The van der Waals surface area contributed by atoms with E-state index < -0.39 is 11.7 Å². The molecular weight excluding hydrogens is 623 g/mol. The number of nitrogens with zero attached hydrogens (tertiary/aromatic N) is 3. The smallest absolute Gasteiger partial charge is 0.262 e. The molecule has 11 heteroatoms. The monoisotopic (exact) mass is 666 g/mol. The van der Waals surface area contributed by atoms with E-state index in [9.17, 15) is 9.59 Å². The number of likely N-dealkylation sites (tertiary alicyclic amines) is 1. The van der Waals surface area contributed by atoms with Crippen LogP contribution in [-0.2, 0) is 0 Å². The summed E-state index contributed by atoms with van der Waals surface area (Å²) in [5.41, 5.74) is 3.22. The van der Waals surface area contributed by atoms with Gasteiger partial charge in [-0.3, -0.25) is 9.59 Å². The van der Waals surface area contributed by atoms with Gasteiger partial charge in [0, 0.05) is 42.1 Å². The second kappa shape index (κ2) is 15.5. The van der Waals surface area contributed by atoms with Crippen molar-refractivity contribution in [3.8, 4) is 17.4 Å². The van der Waals surface area contributed by atoms with Crippen LogP contribution in [0.3, 0.4) is 0 Å². The maximum atomic E-state index is 15.1. The molecule has 1 unspecified atom stereocenters. The topological polar surface area (TPSA) is 118 Å². The van der Waals surface area contributed by atoms with E-state index in [1.807, 2.05) is 32.0 Å². The number of nitrogens with one attached hydrogen (secondary N) is 3. The number of carbonyl (C=O) groups excluding carboxylic acids is 2. The van der Waals surface area contributed by atoms with Crippen molar-refractivity contribution in [1.29, 1.82) is 0 Å². The third-order valence-electron chi connectivity index (χ3n) is 9.13. The molecule has 1 atom stereocenters. The number of piperidine rings is 1. The van der Waals surface area contributed by atoms with Gasteiger partial charge in [0.15, 0.2) is 11.6 Å². The van der Waals surface area contributed by atoms with Crippen molar-refractivity contribution in [1.82, 2.24) is 20.2 Å². The van der Waals surface area contributed by atoms with Crippen LogP contribution in [0.25, 0.3) is 0 Å². The summed E-state index contributed by atoms with van der Waals surface area (Å²) in [6.45, 7) is 6.26. The normalized spacial score (nSPS) is 16.6. The van der Waals surface area contributed by atoms with Gasteiger partial charge in [0.1, 0.15) is 11.3 Å². The lowest BCUT2D eigenvalue weighted by Crippen LogP contribution is -2.34. The van der Waals surface area contributed by atoms with Crippen molar-refractivity contribution in [3.05, 3.63) is 94.9 Å². The molecule has 1 aliphatic heterocycles. The maximum Gasteiger partial charge on any atom is 0.262 e. The molecule has 1 saturated heterocycles. The van der Waals surface area contributed by atoms with Gasteiger partial charge >= 0.3 is 0 Å². The van der Waals surface area contributed by atoms with Crippen LogP contribution in [0.1, 0.15) is 70.4 Å². The highest BCUT2D eigenvalue weighted by atomic mass is 19.1. The molecule has 6 rings (SSSR count). The Labute approximate surface area is 286 Å². The molecule has 10 nitrogen and oxygen atoms in total. The summed E-state index contributed by atoms with van der Waals surface area (Å²) < 4.78 is 27.2. The molecule has 1 aromatic heterocycles. The van der Waals surface area contributed by atoms with E-state index in [-0.39, 0.29) is 40.8 Å². The molecule has 2 amide bonds. The molecule has 2 fully saturated rings. The summed E-state index contributed by atoms with van der Waals surface area (Å²) in [6.07, 6.45) is 7.54. The average Bonchev–Trinajstić information content (AvgIpc) is 3.59. The number of amides is 2. The van der Waals surface area contributed by atoms with Crippen LogP contribution in [0.4, 0.5) is 21.7 Å². The summed E-state index contributed by atoms with van der Waals surface area (Å²) in [5.74, 6) is -0.488.